The van der Waals surface area contributed by atoms with Crippen LogP contribution in [-0.4, -0.2) is 56.3 Å². The Morgan fingerprint density at radius 1 is 1.03 bits per heavy atom. The van der Waals surface area contributed by atoms with E-state index in [1.807, 2.05) is 4.90 Å². The lowest BCUT2D eigenvalue weighted by atomic mass is 10.1. The fourth-order valence-electron chi connectivity index (χ4n) is 4.25. The Labute approximate surface area is 186 Å². The van der Waals surface area contributed by atoms with Crippen molar-refractivity contribution in [3.05, 3.63) is 58.6 Å². The Morgan fingerprint density at radius 3 is 2.50 bits per heavy atom. The predicted molar refractivity (Wildman–Crippen MR) is 121 cm³/mol. The zero-order chi connectivity index (χ0) is 21.1. The van der Waals surface area contributed by atoms with E-state index in [4.69, 9.17) is 0 Å². The highest BCUT2D eigenvalue weighted by atomic mass is 79.9. The molecule has 1 amide bonds. The quantitative estimate of drug-likeness (QED) is 0.663. The zero-order valence-electron chi connectivity index (χ0n) is 16.8. The van der Waals surface area contributed by atoms with Crippen LogP contribution in [0, 0.1) is 0 Å². The molecule has 1 atom stereocenters. The van der Waals surface area contributed by atoms with E-state index in [0.29, 0.717) is 11.3 Å². The van der Waals surface area contributed by atoms with E-state index in [1.165, 1.54) is 25.0 Å². The van der Waals surface area contributed by atoms with Crippen molar-refractivity contribution in [1.29, 1.82) is 0 Å². The second kappa shape index (κ2) is 9.08. The van der Waals surface area contributed by atoms with Crippen LogP contribution in [0.4, 0.5) is 5.69 Å². The van der Waals surface area contributed by atoms with Crippen LogP contribution in [0.25, 0.3) is 0 Å². The number of likely N-dealkylation sites (tertiary alicyclic amines) is 2. The van der Waals surface area contributed by atoms with E-state index in [1.54, 1.807) is 36.4 Å². The van der Waals surface area contributed by atoms with Gasteiger partial charge in [-0.25, -0.2) is 8.42 Å². The minimum atomic E-state index is -3.78. The summed E-state index contributed by atoms with van der Waals surface area (Å²) < 4.78 is 29.1. The van der Waals surface area contributed by atoms with Gasteiger partial charge in [0.1, 0.15) is 0 Å². The minimum Gasteiger partial charge on any atom is -0.334 e. The number of benzene rings is 2. The van der Waals surface area contributed by atoms with Crippen LogP contribution in [0.5, 0.6) is 0 Å². The molecule has 30 heavy (non-hydrogen) atoms. The van der Waals surface area contributed by atoms with Gasteiger partial charge in [0.15, 0.2) is 0 Å². The Balaban J connectivity index is 1.50. The smallest absolute Gasteiger partial charge is 0.261 e. The van der Waals surface area contributed by atoms with E-state index >= 15 is 0 Å². The number of rotatable bonds is 6. The monoisotopic (exact) mass is 491 g/mol. The summed E-state index contributed by atoms with van der Waals surface area (Å²) in [6.07, 6.45) is 4.45. The number of nitrogens with one attached hydrogen (secondary N) is 1. The van der Waals surface area contributed by atoms with Crippen LogP contribution >= 0.6 is 15.9 Å². The highest BCUT2D eigenvalue weighted by Crippen LogP contribution is 2.24. The number of carbonyl (C=O) groups is 1. The van der Waals surface area contributed by atoms with Crippen molar-refractivity contribution in [1.82, 2.24) is 9.80 Å². The largest absolute Gasteiger partial charge is 0.334 e. The van der Waals surface area contributed by atoms with Crippen LogP contribution in [0.1, 0.15) is 36.0 Å². The van der Waals surface area contributed by atoms with Gasteiger partial charge >= 0.3 is 0 Å². The molecule has 4 rings (SSSR count). The van der Waals surface area contributed by atoms with Gasteiger partial charge in [-0.15, -0.1) is 0 Å². The van der Waals surface area contributed by atoms with Crippen molar-refractivity contribution >= 4 is 37.5 Å². The first-order valence-corrected chi connectivity index (χ1v) is 12.6. The van der Waals surface area contributed by atoms with Gasteiger partial charge in [0.05, 0.1) is 4.90 Å². The molecule has 0 bridgehead atoms. The molecule has 2 saturated heterocycles. The van der Waals surface area contributed by atoms with Gasteiger partial charge in [-0.3, -0.25) is 9.52 Å². The number of hydrogen-bond acceptors (Lipinski definition) is 4. The molecule has 1 unspecified atom stereocenters. The summed E-state index contributed by atoms with van der Waals surface area (Å²) in [6, 6.07) is 13.4. The molecule has 6 nitrogen and oxygen atoms in total. The van der Waals surface area contributed by atoms with E-state index in [-0.39, 0.29) is 16.8 Å². The third-order valence-electron chi connectivity index (χ3n) is 5.79. The normalized spacial score (nSPS) is 19.9. The van der Waals surface area contributed by atoms with Crippen LogP contribution in [0.3, 0.4) is 0 Å². The first kappa shape index (κ1) is 21.3. The lowest BCUT2D eigenvalue weighted by Crippen LogP contribution is -2.42. The van der Waals surface area contributed by atoms with E-state index < -0.39 is 10.0 Å². The summed E-state index contributed by atoms with van der Waals surface area (Å²) in [5, 5.41) is 0. The molecule has 8 heteroatoms. The Morgan fingerprint density at radius 2 is 1.77 bits per heavy atom. The Bertz CT molecular complexity index is 1000. The molecule has 2 aliphatic rings. The molecular weight excluding hydrogens is 466 g/mol. The van der Waals surface area contributed by atoms with Crippen molar-refractivity contribution in [3.63, 3.8) is 0 Å². The molecule has 1 N–H and O–H groups in total. The minimum absolute atomic E-state index is 0.0858. The summed E-state index contributed by atoms with van der Waals surface area (Å²) >= 11 is 3.34. The Hall–Kier alpha value is -1.90. The number of anilines is 1. The van der Waals surface area contributed by atoms with Gasteiger partial charge in [0, 0.05) is 34.9 Å². The number of carbonyl (C=O) groups excluding carboxylic acids is 1. The highest BCUT2D eigenvalue weighted by molar-refractivity contribution is 9.10. The van der Waals surface area contributed by atoms with Gasteiger partial charge < -0.3 is 9.80 Å². The molecule has 0 spiro atoms. The molecule has 2 heterocycles. The molecule has 2 aromatic rings. The highest BCUT2D eigenvalue weighted by Gasteiger charge is 2.31. The van der Waals surface area contributed by atoms with Crippen molar-refractivity contribution in [2.45, 2.75) is 36.6 Å². The molecule has 0 aliphatic carbocycles. The fourth-order valence-corrected chi connectivity index (χ4v) is 5.62. The van der Waals surface area contributed by atoms with Crippen molar-refractivity contribution in [2.24, 2.45) is 0 Å². The first-order chi connectivity index (χ1) is 14.4. The third kappa shape index (κ3) is 4.87. The van der Waals surface area contributed by atoms with Crippen LogP contribution in [-0.2, 0) is 10.0 Å². The molecule has 0 radical (unpaired) electrons. The number of sulfonamides is 1. The van der Waals surface area contributed by atoms with E-state index in [2.05, 4.69) is 25.6 Å². The average molecular weight is 492 g/mol. The number of halogens is 1. The lowest BCUT2D eigenvalue weighted by Gasteiger charge is -2.28. The summed E-state index contributed by atoms with van der Waals surface area (Å²) in [5.41, 5.74) is 0.891. The van der Waals surface area contributed by atoms with Crippen LogP contribution in [0.2, 0.25) is 0 Å². The van der Waals surface area contributed by atoms with Gasteiger partial charge in [0.2, 0.25) is 0 Å². The fraction of sp³-hybridized carbons (Fsp3) is 0.409. The molecule has 2 aliphatic heterocycles. The third-order valence-corrected chi connectivity index (χ3v) is 7.70. The summed E-state index contributed by atoms with van der Waals surface area (Å²) in [4.78, 5) is 17.6. The second-order valence-electron chi connectivity index (χ2n) is 7.94. The molecular formula is C22H26BrN3O3S. The molecule has 2 fully saturated rings. The number of amides is 1. The van der Waals surface area contributed by atoms with Gasteiger partial charge in [-0.1, -0.05) is 22.0 Å². The number of nitrogens with zero attached hydrogens (tertiary/aromatic N) is 2. The molecule has 0 aromatic heterocycles. The van der Waals surface area contributed by atoms with Crippen molar-refractivity contribution in [2.75, 3.05) is 30.9 Å². The van der Waals surface area contributed by atoms with Crippen LogP contribution < -0.4 is 4.72 Å². The van der Waals surface area contributed by atoms with Gasteiger partial charge in [-0.05, 0) is 81.2 Å². The maximum atomic E-state index is 13.2. The lowest BCUT2D eigenvalue weighted by molar-refractivity contribution is 0.0708. The molecule has 2 aromatic carbocycles. The Kier molecular flexibility index (Phi) is 6.46. The number of hydrogen-bond donors (Lipinski definition) is 1. The van der Waals surface area contributed by atoms with E-state index in [0.717, 1.165) is 43.5 Å². The zero-order valence-corrected chi connectivity index (χ0v) is 19.2. The van der Waals surface area contributed by atoms with Gasteiger partial charge in [-0.2, -0.15) is 0 Å². The second-order valence-corrected chi connectivity index (χ2v) is 10.5. The predicted octanol–water partition coefficient (Wildman–Crippen LogP) is 3.95. The van der Waals surface area contributed by atoms with Crippen molar-refractivity contribution < 1.29 is 13.2 Å². The molecule has 0 saturated carbocycles. The summed E-state index contributed by atoms with van der Waals surface area (Å²) in [6.45, 7) is 3.85. The van der Waals surface area contributed by atoms with Gasteiger partial charge in [0.25, 0.3) is 15.9 Å². The standard InChI is InChI=1S/C22H26BrN3O3S/c23-18-8-10-19(11-9-18)24-30(28,29)21-7-3-5-17(15-21)22(27)26-14-4-6-20(26)16-25-12-1-2-13-25/h3,5,7-11,15,20,24H,1-2,4,6,12-14,16H2. The summed E-state index contributed by atoms with van der Waals surface area (Å²) in [5.74, 6) is -0.0858. The molecule has 160 valence electrons. The SMILES string of the molecule is O=C(c1cccc(S(=O)(=O)Nc2ccc(Br)cc2)c1)N1CCCC1CN1CCCC1. The van der Waals surface area contributed by atoms with Crippen LogP contribution in [0.15, 0.2) is 57.9 Å². The van der Waals surface area contributed by atoms with Crippen molar-refractivity contribution in [3.8, 4) is 0 Å². The average Bonchev–Trinajstić information content (AvgIpc) is 3.42. The first-order valence-electron chi connectivity index (χ1n) is 10.3. The maximum Gasteiger partial charge on any atom is 0.261 e. The topological polar surface area (TPSA) is 69.7 Å². The summed E-state index contributed by atoms with van der Waals surface area (Å²) in [7, 11) is -3.78. The maximum absolute atomic E-state index is 13.2. The van der Waals surface area contributed by atoms with E-state index in [9.17, 15) is 13.2 Å².